The number of unbranched alkanes of at least 4 members (excludes halogenated alkanes) is 6. The van der Waals surface area contributed by atoms with Crippen molar-refractivity contribution < 1.29 is 28.6 Å². The van der Waals surface area contributed by atoms with Gasteiger partial charge in [0.25, 0.3) is 0 Å². The van der Waals surface area contributed by atoms with Crippen LogP contribution < -0.4 is 0 Å². The molecule has 0 aromatic heterocycles. The molecule has 0 fully saturated rings. The van der Waals surface area contributed by atoms with E-state index in [-0.39, 0.29) is 31.1 Å². The SMILES string of the molecule is C=CC/C=C\C/C=C\C/C=C\CCCCC(=O)OCCC[C@@H](COC(=O)CCCC/C=C\C/C=C\C/C=C\C/C=C\CC)OC(=O)CCCC/C=C\C/C=C\C/C=C\C/C=C\CC. The average molecular weight is 867 g/mol. The van der Waals surface area contributed by atoms with Gasteiger partial charge in [-0.1, -0.05) is 154 Å². The van der Waals surface area contributed by atoms with E-state index in [4.69, 9.17) is 14.2 Å². The van der Waals surface area contributed by atoms with Crippen LogP contribution in [-0.4, -0.2) is 37.2 Å². The lowest BCUT2D eigenvalue weighted by atomic mass is 10.1. The molecular weight excluding hydrogens is 781 g/mol. The van der Waals surface area contributed by atoms with Crippen LogP contribution in [0.2, 0.25) is 0 Å². The Morgan fingerprint density at radius 2 is 0.730 bits per heavy atom. The van der Waals surface area contributed by atoms with Gasteiger partial charge in [-0.2, -0.15) is 0 Å². The molecule has 0 amide bonds. The summed E-state index contributed by atoms with van der Waals surface area (Å²) in [7, 11) is 0. The monoisotopic (exact) mass is 867 g/mol. The Labute approximate surface area is 385 Å². The van der Waals surface area contributed by atoms with Gasteiger partial charge in [-0.05, 0) is 141 Å². The van der Waals surface area contributed by atoms with Crippen LogP contribution in [0.15, 0.2) is 146 Å². The summed E-state index contributed by atoms with van der Waals surface area (Å²) in [6.07, 6.45) is 69.4. The summed E-state index contributed by atoms with van der Waals surface area (Å²) < 4.78 is 16.8. The van der Waals surface area contributed by atoms with Gasteiger partial charge >= 0.3 is 17.9 Å². The summed E-state index contributed by atoms with van der Waals surface area (Å²) in [4.78, 5) is 37.7. The highest BCUT2D eigenvalue weighted by Crippen LogP contribution is 2.12. The Kier molecular flexibility index (Phi) is 46.2. The van der Waals surface area contributed by atoms with Crippen LogP contribution in [0.4, 0.5) is 0 Å². The van der Waals surface area contributed by atoms with E-state index in [9.17, 15) is 14.4 Å². The summed E-state index contributed by atoms with van der Waals surface area (Å²) >= 11 is 0. The first kappa shape index (κ1) is 58.3. The minimum Gasteiger partial charge on any atom is -0.466 e. The lowest BCUT2D eigenvalue weighted by molar-refractivity contribution is -0.160. The number of rotatable bonds is 42. The molecule has 0 bridgehead atoms. The molecule has 0 N–H and O–H groups in total. The molecule has 1 atom stereocenters. The molecule has 0 saturated heterocycles. The normalized spacial score (nSPS) is 13.2. The lowest BCUT2D eigenvalue weighted by Gasteiger charge is -2.18. The van der Waals surface area contributed by atoms with E-state index in [2.05, 4.69) is 154 Å². The molecule has 0 saturated carbocycles. The molecule has 0 radical (unpaired) electrons. The molecule has 0 aliphatic heterocycles. The first-order chi connectivity index (χ1) is 31.0. The average Bonchev–Trinajstić information content (AvgIpc) is 3.28. The van der Waals surface area contributed by atoms with Crippen LogP contribution in [0.1, 0.15) is 174 Å². The minimum absolute atomic E-state index is 0.00737. The highest BCUT2D eigenvalue weighted by atomic mass is 16.6. The van der Waals surface area contributed by atoms with E-state index < -0.39 is 6.10 Å². The highest BCUT2D eigenvalue weighted by molar-refractivity contribution is 5.70. The third kappa shape index (κ3) is 48.2. The van der Waals surface area contributed by atoms with Gasteiger partial charge in [0.2, 0.25) is 0 Å². The standard InChI is InChI=1S/C57H86O6/c1-4-7-10-13-16-19-22-25-27-30-33-36-39-42-45-50-56(59)62-53-54(63-57(60)51-46-43-40-37-34-31-28-26-23-20-17-14-11-8-5-2)48-47-52-61-55(58)49-44-41-38-35-32-29-24-21-18-15-12-9-6-3/h6-8,10-12,15-17,19-21,24-28,32-37,54H,3-5,9,13-14,18,22-23,29-31,38-53H2,1-2H3/b10-7-,11-8-,15-12-,19-16-,20-17-,24-21-,27-25-,28-26-,35-32-,36-33-,37-34-/t54-/m0/s1. The van der Waals surface area contributed by atoms with Crippen molar-refractivity contribution in [1.82, 2.24) is 0 Å². The molecule has 63 heavy (non-hydrogen) atoms. The Morgan fingerprint density at radius 3 is 1.11 bits per heavy atom. The van der Waals surface area contributed by atoms with Gasteiger partial charge in [-0.15, -0.1) is 6.58 Å². The third-order valence-corrected chi connectivity index (χ3v) is 9.45. The fourth-order valence-corrected chi connectivity index (χ4v) is 5.89. The van der Waals surface area contributed by atoms with Gasteiger partial charge in [0.1, 0.15) is 12.7 Å². The Balaban J connectivity index is 4.59. The van der Waals surface area contributed by atoms with Gasteiger partial charge in [-0.3, -0.25) is 14.4 Å². The minimum atomic E-state index is -0.575. The lowest BCUT2D eigenvalue weighted by Crippen LogP contribution is -2.26. The molecule has 0 heterocycles. The van der Waals surface area contributed by atoms with Crippen molar-refractivity contribution in [2.75, 3.05) is 13.2 Å². The molecule has 0 aliphatic carbocycles. The number of hydrogen-bond acceptors (Lipinski definition) is 6. The predicted octanol–water partition coefficient (Wildman–Crippen LogP) is 16.1. The summed E-state index contributed by atoms with van der Waals surface area (Å²) in [5.74, 6) is -0.799. The first-order valence-corrected chi connectivity index (χ1v) is 24.3. The second kappa shape index (κ2) is 49.9. The van der Waals surface area contributed by atoms with Crippen LogP contribution in [0, 0.1) is 0 Å². The Morgan fingerprint density at radius 1 is 0.397 bits per heavy atom. The van der Waals surface area contributed by atoms with E-state index in [0.29, 0.717) is 32.1 Å². The van der Waals surface area contributed by atoms with Gasteiger partial charge in [0.15, 0.2) is 0 Å². The number of ether oxygens (including phenoxy) is 3. The van der Waals surface area contributed by atoms with Gasteiger partial charge in [0.05, 0.1) is 6.61 Å². The number of hydrogen-bond donors (Lipinski definition) is 0. The molecule has 0 aromatic rings. The zero-order valence-corrected chi connectivity index (χ0v) is 39.6. The highest BCUT2D eigenvalue weighted by Gasteiger charge is 2.17. The molecule has 0 spiro atoms. The van der Waals surface area contributed by atoms with Gasteiger partial charge < -0.3 is 14.2 Å². The summed E-state index contributed by atoms with van der Waals surface area (Å²) in [5, 5.41) is 0. The molecule has 0 aliphatic rings. The van der Waals surface area contributed by atoms with Crippen molar-refractivity contribution >= 4 is 17.9 Å². The number of esters is 3. The van der Waals surface area contributed by atoms with Crippen molar-refractivity contribution in [2.24, 2.45) is 0 Å². The Bertz CT molecular complexity index is 1450. The summed E-state index contributed by atoms with van der Waals surface area (Å²) in [5.41, 5.74) is 0. The number of allylic oxidation sites excluding steroid dienone is 23. The second-order valence-corrected chi connectivity index (χ2v) is 15.3. The van der Waals surface area contributed by atoms with E-state index in [1.807, 2.05) is 6.08 Å². The number of carbonyl (C=O) groups is 3. The predicted molar refractivity (Wildman–Crippen MR) is 269 cm³/mol. The van der Waals surface area contributed by atoms with Crippen molar-refractivity contribution in [3.63, 3.8) is 0 Å². The maximum Gasteiger partial charge on any atom is 0.306 e. The zero-order valence-electron chi connectivity index (χ0n) is 39.6. The molecule has 0 aromatic carbocycles. The number of carbonyl (C=O) groups excluding carboxylic acids is 3. The molecule has 6 nitrogen and oxygen atoms in total. The van der Waals surface area contributed by atoms with Crippen LogP contribution in [-0.2, 0) is 28.6 Å². The second-order valence-electron chi connectivity index (χ2n) is 15.3. The van der Waals surface area contributed by atoms with E-state index in [0.717, 1.165) is 128 Å². The molecule has 0 unspecified atom stereocenters. The zero-order chi connectivity index (χ0) is 45.8. The van der Waals surface area contributed by atoms with Crippen LogP contribution in [0.3, 0.4) is 0 Å². The van der Waals surface area contributed by atoms with Gasteiger partial charge in [-0.25, -0.2) is 0 Å². The van der Waals surface area contributed by atoms with E-state index in [1.54, 1.807) is 0 Å². The van der Waals surface area contributed by atoms with Crippen molar-refractivity contribution in [1.29, 1.82) is 0 Å². The van der Waals surface area contributed by atoms with E-state index >= 15 is 0 Å². The van der Waals surface area contributed by atoms with Crippen molar-refractivity contribution in [3.05, 3.63) is 146 Å². The fraction of sp³-hybridized carbons (Fsp3) is 0.526. The molecule has 350 valence electrons. The topological polar surface area (TPSA) is 78.9 Å². The van der Waals surface area contributed by atoms with Crippen LogP contribution in [0.25, 0.3) is 0 Å². The van der Waals surface area contributed by atoms with Crippen molar-refractivity contribution in [3.8, 4) is 0 Å². The van der Waals surface area contributed by atoms with E-state index in [1.165, 1.54) is 0 Å². The largest absolute Gasteiger partial charge is 0.466 e. The Hall–Kier alpha value is -4.71. The van der Waals surface area contributed by atoms with Crippen molar-refractivity contribution in [2.45, 2.75) is 180 Å². The maximum absolute atomic E-state index is 12.8. The smallest absolute Gasteiger partial charge is 0.306 e. The maximum atomic E-state index is 12.8. The molecule has 0 rings (SSSR count). The molecule has 6 heteroatoms. The van der Waals surface area contributed by atoms with Crippen LogP contribution >= 0.6 is 0 Å². The molecular formula is C57H86O6. The third-order valence-electron chi connectivity index (χ3n) is 9.45. The summed E-state index contributed by atoms with van der Waals surface area (Å²) in [6.45, 7) is 8.24. The summed E-state index contributed by atoms with van der Waals surface area (Å²) in [6, 6.07) is 0. The van der Waals surface area contributed by atoms with Crippen LogP contribution in [0.5, 0.6) is 0 Å². The first-order valence-electron chi connectivity index (χ1n) is 24.3. The van der Waals surface area contributed by atoms with Gasteiger partial charge in [0, 0.05) is 19.3 Å². The quantitative estimate of drug-likeness (QED) is 0.0263. The fourth-order valence-electron chi connectivity index (χ4n) is 5.89.